The minimum atomic E-state index is -0.810. The van der Waals surface area contributed by atoms with Gasteiger partial charge in [0, 0.05) is 12.6 Å². The number of nitrogens with two attached hydrogens (primary N) is 1. The molecule has 2 unspecified atom stereocenters. The number of aliphatic carboxylic acids is 1. The highest BCUT2D eigenvalue weighted by molar-refractivity contribution is 5.81. The number of hydrogen-bond acceptors (Lipinski definition) is 4. The van der Waals surface area contributed by atoms with Gasteiger partial charge < -0.3 is 20.9 Å². The SMILES string of the molecule is NC1COCC1C(=O)NCC1(C(=O)O)CCCCCC1. The van der Waals surface area contributed by atoms with Crippen LogP contribution in [0.4, 0.5) is 0 Å². The Morgan fingerprint density at radius 1 is 1.20 bits per heavy atom. The summed E-state index contributed by atoms with van der Waals surface area (Å²) in [5, 5.41) is 12.3. The minimum absolute atomic E-state index is 0.181. The van der Waals surface area contributed by atoms with Crippen molar-refractivity contribution in [2.45, 2.75) is 44.6 Å². The number of rotatable bonds is 4. The van der Waals surface area contributed by atoms with E-state index in [0.717, 1.165) is 25.7 Å². The summed E-state index contributed by atoms with van der Waals surface area (Å²) in [4.78, 5) is 23.7. The van der Waals surface area contributed by atoms with Crippen LogP contribution in [0.1, 0.15) is 38.5 Å². The molecule has 1 aliphatic heterocycles. The molecule has 1 saturated heterocycles. The van der Waals surface area contributed by atoms with E-state index in [9.17, 15) is 14.7 Å². The highest BCUT2D eigenvalue weighted by Crippen LogP contribution is 2.35. The average Bonchev–Trinajstić information content (AvgIpc) is 2.71. The molecule has 1 saturated carbocycles. The number of amides is 1. The van der Waals surface area contributed by atoms with Crippen LogP contribution in [0.15, 0.2) is 0 Å². The molecule has 0 radical (unpaired) electrons. The monoisotopic (exact) mass is 284 g/mol. The van der Waals surface area contributed by atoms with Gasteiger partial charge in [-0.15, -0.1) is 0 Å². The third kappa shape index (κ3) is 3.30. The summed E-state index contributed by atoms with van der Waals surface area (Å²) in [6.45, 7) is 0.916. The fourth-order valence-electron chi connectivity index (χ4n) is 3.10. The van der Waals surface area contributed by atoms with Crippen LogP contribution >= 0.6 is 0 Å². The van der Waals surface area contributed by atoms with Crippen molar-refractivity contribution in [2.24, 2.45) is 17.1 Å². The molecule has 1 amide bonds. The summed E-state index contributed by atoms with van der Waals surface area (Å²) < 4.78 is 5.17. The molecule has 0 aromatic heterocycles. The van der Waals surface area contributed by atoms with Gasteiger partial charge in [-0.05, 0) is 12.8 Å². The number of carboxylic acids is 1. The predicted molar refractivity (Wildman–Crippen MR) is 73.1 cm³/mol. The Balaban J connectivity index is 1.94. The first-order valence-electron chi connectivity index (χ1n) is 7.40. The van der Waals surface area contributed by atoms with Gasteiger partial charge >= 0.3 is 5.97 Å². The maximum atomic E-state index is 12.1. The number of ether oxygens (including phenoxy) is 1. The van der Waals surface area contributed by atoms with Crippen LogP contribution < -0.4 is 11.1 Å². The van der Waals surface area contributed by atoms with Crippen LogP contribution in [0.5, 0.6) is 0 Å². The Morgan fingerprint density at radius 2 is 1.85 bits per heavy atom. The number of carbonyl (C=O) groups is 2. The van der Waals surface area contributed by atoms with Crippen molar-refractivity contribution in [1.82, 2.24) is 5.32 Å². The maximum absolute atomic E-state index is 12.1. The van der Waals surface area contributed by atoms with Crippen LogP contribution in [-0.2, 0) is 14.3 Å². The standard InChI is InChI=1S/C14H24N2O4/c15-11-8-20-7-10(11)12(17)16-9-14(13(18)19)5-3-1-2-4-6-14/h10-11H,1-9,15H2,(H,16,17)(H,18,19). The lowest BCUT2D eigenvalue weighted by Gasteiger charge is -2.29. The summed E-state index contributed by atoms with van der Waals surface area (Å²) in [6, 6.07) is -0.287. The van der Waals surface area contributed by atoms with Gasteiger partial charge in [-0.2, -0.15) is 0 Å². The van der Waals surface area contributed by atoms with E-state index in [1.54, 1.807) is 0 Å². The summed E-state index contributed by atoms with van der Waals surface area (Å²) >= 11 is 0. The summed E-state index contributed by atoms with van der Waals surface area (Å²) in [7, 11) is 0. The number of carboxylic acid groups (broad SMARTS) is 1. The molecule has 0 spiro atoms. The molecular formula is C14H24N2O4. The molecular weight excluding hydrogens is 260 g/mol. The molecule has 2 rings (SSSR count). The van der Waals surface area contributed by atoms with Crippen molar-refractivity contribution in [1.29, 1.82) is 0 Å². The van der Waals surface area contributed by atoms with Gasteiger partial charge in [-0.25, -0.2) is 0 Å². The Labute approximate surface area is 119 Å². The van der Waals surface area contributed by atoms with E-state index in [0.29, 0.717) is 26.1 Å². The van der Waals surface area contributed by atoms with Crippen LogP contribution in [0.3, 0.4) is 0 Å². The molecule has 0 bridgehead atoms. The fraction of sp³-hybridized carbons (Fsp3) is 0.857. The van der Waals surface area contributed by atoms with Gasteiger partial charge in [-0.3, -0.25) is 9.59 Å². The van der Waals surface area contributed by atoms with Gasteiger partial charge in [0.2, 0.25) is 5.91 Å². The number of hydrogen-bond donors (Lipinski definition) is 3. The highest BCUT2D eigenvalue weighted by Gasteiger charge is 2.40. The molecule has 2 aliphatic rings. The first kappa shape index (κ1) is 15.3. The zero-order chi connectivity index (χ0) is 14.6. The Kier molecular flexibility index (Phi) is 4.99. The van der Waals surface area contributed by atoms with Crippen LogP contribution in [0.2, 0.25) is 0 Å². The average molecular weight is 284 g/mol. The Hall–Kier alpha value is -1.14. The molecule has 6 nitrogen and oxygen atoms in total. The quantitative estimate of drug-likeness (QED) is 0.653. The summed E-state index contributed by atoms with van der Waals surface area (Å²) in [5.74, 6) is -1.34. The van der Waals surface area contributed by atoms with Crippen molar-refractivity contribution in [3.8, 4) is 0 Å². The molecule has 1 heterocycles. The van der Waals surface area contributed by atoms with E-state index in [2.05, 4.69) is 5.32 Å². The smallest absolute Gasteiger partial charge is 0.311 e. The molecule has 2 fully saturated rings. The molecule has 1 aliphatic carbocycles. The lowest BCUT2D eigenvalue weighted by atomic mass is 9.80. The zero-order valence-corrected chi connectivity index (χ0v) is 11.8. The van der Waals surface area contributed by atoms with Gasteiger partial charge in [-0.1, -0.05) is 25.7 Å². The third-order valence-electron chi connectivity index (χ3n) is 4.58. The maximum Gasteiger partial charge on any atom is 0.311 e. The summed E-state index contributed by atoms with van der Waals surface area (Å²) in [5.41, 5.74) is 4.99. The molecule has 0 aromatic rings. The van der Waals surface area contributed by atoms with Gasteiger partial charge in [0.05, 0.1) is 24.5 Å². The second-order valence-corrected chi connectivity index (χ2v) is 6.03. The molecule has 0 aromatic carbocycles. The lowest BCUT2D eigenvalue weighted by molar-refractivity contribution is -0.150. The van der Waals surface area contributed by atoms with E-state index in [4.69, 9.17) is 10.5 Å². The largest absolute Gasteiger partial charge is 0.481 e. The Morgan fingerprint density at radius 3 is 2.35 bits per heavy atom. The molecule has 114 valence electrons. The van der Waals surface area contributed by atoms with E-state index >= 15 is 0 Å². The van der Waals surface area contributed by atoms with E-state index in [1.165, 1.54) is 0 Å². The van der Waals surface area contributed by atoms with Crippen molar-refractivity contribution < 1.29 is 19.4 Å². The second-order valence-electron chi connectivity index (χ2n) is 6.03. The molecule has 6 heteroatoms. The van der Waals surface area contributed by atoms with Crippen molar-refractivity contribution in [3.63, 3.8) is 0 Å². The zero-order valence-electron chi connectivity index (χ0n) is 11.8. The first-order valence-corrected chi connectivity index (χ1v) is 7.40. The number of nitrogens with one attached hydrogen (secondary N) is 1. The normalized spacial score (nSPS) is 29.6. The Bertz CT molecular complexity index is 364. The fourth-order valence-corrected chi connectivity index (χ4v) is 3.10. The van der Waals surface area contributed by atoms with Crippen LogP contribution in [0.25, 0.3) is 0 Å². The van der Waals surface area contributed by atoms with Crippen LogP contribution in [-0.4, -0.2) is 42.8 Å². The van der Waals surface area contributed by atoms with Crippen molar-refractivity contribution in [2.75, 3.05) is 19.8 Å². The van der Waals surface area contributed by atoms with Gasteiger partial charge in [0.1, 0.15) is 0 Å². The predicted octanol–water partition coefficient (Wildman–Crippen LogP) is 0.501. The lowest BCUT2D eigenvalue weighted by Crippen LogP contribution is -2.47. The topological polar surface area (TPSA) is 102 Å². The molecule has 2 atom stereocenters. The second kappa shape index (κ2) is 6.54. The summed E-state index contributed by atoms with van der Waals surface area (Å²) in [6.07, 6.45) is 5.24. The minimum Gasteiger partial charge on any atom is -0.481 e. The van der Waals surface area contributed by atoms with Crippen molar-refractivity contribution in [3.05, 3.63) is 0 Å². The van der Waals surface area contributed by atoms with E-state index < -0.39 is 11.4 Å². The molecule has 4 N–H and O–H groups in total. The first-order chi connectivity index (χ1) is 9.55. The van der Waals surface area contributed by atoms with Crippen LogP contribution in [0, 0.1) is 11.3 Å². The highest BCUT2D eigenvalue weighted by atomic mass is 16.5. The van der Waals surface area contributed by atoms with E-state index in [-0.39, 0.29) is 24.4 Å². The van der Waals surface area contributed by atoms with Gasteiger partial charge in [0.25, 0.3) is 0 Å². The molecule has 20 heavy (non-hydrogen) atoms. The van der Waals surface area contributed by atoms with Gasteiger partial charge in [0.15, 0.2) is 0 Å². The van der Waals surface area contributed by atoms with E-state index in [1.807, 2.05) is 0 Å². The third-order valence-corrected chi connectivity index (χ3v) is 4.58. The number of carbonyl (C=O) groups excluding carboxylic acids is 1. The van der Waals surface area contributed by atoms with Crippen molar-refractivity contribution >= 4 is 11.9 Å².